The van der Waals surface area contributed by atoms with Gasteiger partial charge in [-0.1, -0.05) is 35.9 Å². The molecular weight excluding hydrogens is 482 g/mol. The number of allylic oxidation sites excluding steroid dienone is 6. The fourth-order valence-corrected chi connectivity index (χ4v) is 6.63. The molecule has 4 aliphatic rings. The molecule has 6 rings (SSSR count). The number of Topliss-reactive ketones (excluding diaryl/α,β-unsaturated/α-hetero) is 1. The molecule has 2 N–H and O–H groups in total. The Bertz CT molecular complexity index is 1490. The number of phenolic OH excluding ortho intramolecular Hbond substituents is 2. The number of aromatic hydroxyl groups is 2. The second-order valence-corrected chi connectivity index (χ2v) is 10.6. The van der Waals surface area contributed by atoms with Gasteiger partial charge in [-0.3, -0.25) is 24.1 Å². The van der Waals surface area contributed by atoms with E-state index in [1.807, 2.05) is 12.1 Å². The Morgan fingerprint density at radius 1 is 0.921 bits per heavy atom. The molecule has 2 amide bonds. The largest absolute Gasteiger partial charge is 0.508 e. The zero-order valence-electron chi connectivity index (χ0n) is 20.9. The van der Waals surface area contributed by atoms with Crippen LogP contribution in [0.4, 0.5) is 0 Å². The molecule has 0 aromatic heterocycles. The molecule has 7 nitrogen and oxygen atoms in total. The van der Waals surface area contributed by atoms with Crippen molar-refractivity contribution in [2.75, 3.05) is 6.54 Å². The van der Waals surface area contributed by atoms with Gasteiger partial charge in [0.2, 0.25) is 11.8 Å². The fraction of sp³-hybridized carbons (Fsp3) is 0.290. The van der Waals surface area contributed by atoms with E-state index in [1.165, 1.54) is 11.0 Å². The van der Waals surface area contributed by atoms with Crippen molar-refractivity contribution in [3.8, 4) is 11.5 Å². The molecular formula is C31H27NO6. The van der Waals surface area contributed by atoms with E-state index in [0.29, 0.717) is 35.1 Å². The third-order valence-electron chi connectivity index (χ3n) is 8.42. The Morgan fingerprint density at radius 3 is 2.42 bits per heavy atom. The third-order valence-corrected chi connectivity index (χ3v) is 8.42. The maximum absolute atomic E-state index is 13.8. The van der Waals surface area contributed by atoms with Gasteiger partial charge < -0.3 is 10.2 Å². The van der Waals surface area contributed by atoms with Crippen LogP contribution in [0.15, 0.2) is 83.0 Å². The number of carbonyl (C=O) groups is 4. The number of imide groups is 1. The molecule has 0 spiro atoms. The predicted molar refractivity (Wildman–Crippen MR) is 138 cm³/mol. The van der Waals surface area contributed by atoms with Crippen LogP contribution in [-0.4, -0.2) is 45.0 Å². The van der Waals surface area contributed by atoms with Crippen molar-refractivity contribution < 1.29 is 29.4 Å². The lowest BCUT2D eigenvalue weighted by atomic mass is 9.59. The minimum atomic E-state index is -0.605. The van der Waals surface area contributed by atoms with Gasteiger partial charge in [-0.25, -0.2) is 0 Å². The minimum Gasteiger partial charge on any atom is -0.508 e. The molecule has 1 saturated heterocycles. The van der Waals surface area contributed by atoms with Crippen molar-refractivity contribution in [2.24, 2.45) is 17.8 Å². The predicted octanol–water partition coefficient (Wildman–Crippen LogP) is 3.77. The number of carbonyl (C=O) groups excluding carboxylic acids is 4. The van der Waals surface area contributed by atoms with Crippen LogP contribution in [0.5, 0.6) is 11.5 Å². The zero-order valence-corrected chi connectivity index (χ0v) is 20.9. The summed E-state index contributed by atoms with van der Waals surface area (Å²) in [5.74, 6) is -2.73. The van der Waals surface area contributed by atoms with Crippen LogP contribution < -0.4 is 0 Å². The van der Waals surface area contributed by atoms with Gasteiger partial charge in [0.25, 0.3) is 0 Å². The molecule has 2 aromatic carbocycles. The maximum atomic E-state index is 13.8. The first-order chi connectivity index (χ1) is 18.2. The van der Waals surface area contributed by atoms with E-state index < -0.39 is 23.7 Å². The van der Waals surface area contributed by atoms with Gasteiger partial charge >= 0.3 is 0 Å². The molecule has 0 unspecified atom stereocenters. The lowest BCUT2D eigenvalue weighted by Crippen LogP contribution is -2.40. The Labute approximate surface area is 219 Å². The first-order valence-electron chi connectivity index (χ1n) is 12.9. The highest BCUT2D eigenvalue weighted by Crippen LogP contribution is 2.55. The Balaban J connectivity index is 1.37. The van der Waals surface area contributed by atoms with Gasteiger partial charge in [-0.2, -0.15) is 0 Å². The summed E-state index contributed by atoms with van der Waals surface area (Å²) in [5, 5.41) is 19.7. The Kier molecular flexibility index (Phi) is 5.67. The van der Waals surface area contributed by atoms with Crippen molar-refractivity contribution in [1.82, 2.24) is 4.90 Å². The lowest BCUT2D eigenvalue weighted by molar-refractivity contribution is -0.140. The van der Waals surface area contributed by atoms with Crippen LogP contribution in [0.3, 0.4) is 0 Å². The van der Waals surface area contributed by atoms with Gasteiger partial charge in [0.05, 0.1) is 11.8 Å². The number of likely N-dealkylation sites (tertiary alicyclic amines) is 1. The van der Waals surface area contributed by atoms with Crippen molar-refractivity contribution in [3.63, 3.8) is 0 Å². The van der Waals surface area contributed by atoms with E-state index in [-0.39, 0.29) is 47.8 Å². The molecule has 1 fully saturated rings. The van der Waals surface area contributed by atoms with Crippen LogP contribution in [0.1, 0.15) is 36.8 Å². The van der Waals surface area contributed by atoms with Gasteiger partial charge in [0.15, 0.2) is 11.6 Å². The molecule has 0 bridgehead atoms. The molecule has 1 heterocycles. The van der Waals surface area contributed by atoms with Crippen molar-refractivity contribution >= 4 is 23.4 Å². The van der Waals surface area contributed by atoms with E-state index >= 15 is 0 Å². The number of amides is 2. The van der Waals surface area contributed by atoms with E-state index in [2.05, 4.69) is 0 Å². The minimum absolute atomic E-state index is 0.0513. The summed E-state index contributed by atoms with van der Waals surface area (Å²) in [7, 11) is 0. The highest BCUT2D eigenvalue weighted by atomic mass is 16.3. The second kappa shape index (κ2) is 8.94. The molecule has 0 radical (unpaired) electrons. The van der Waals surface area contributed by atoms with Crippen LogP contribution in [-0.2, 0) is 25.6 Å². The quantitative estimate of drug-likeness (QED) is 0.369. The summed E-state index contributed by atoms with van der Waals surface area (Å²) in [6.07, 6.45) is 4.43. The van der Waals surface area contributed by atoms with Gasteiger partial charge in [0.1, 0.15) is 11.5 Å². The molecule has 7 heteroatoms. The summed E-state index contributed by atoms with van der Waals surface area (Å²) in [6.45, 7) is 1.87. The number of benzene rings is 2. The number of rotatable bonds is 4. The lowest BCUT2D eigenvalue weighted by Gasteiger charge is -2.42. The summed E-state index contributed by atoms with van der Waals surface area (Å²) in [5.41, 5.74) is 3.65. The average Bonchev–Trinajstić information content (AvgIpc) is 3.15. The van der Waals surface area contributed by atoms with E-state index in [9.17, 15) is 29.4 Å². The molecule has 4 atom stereocenters. The smallest absolute Gasteiger partial charge is 0.233 e. The molecule has 192 valence electrons. The molecule has 2 aromatic rings. The topological polar surface area (TPSA) is 112 Å². The first kappa shape index (κ1) is 24.1. The van der Waals surface area contributed by atoms with Crippen LogP contribution >= 0.6 is 0 Å². The second-order valence-electron chi connectivity index (χ2n) is 10.6. The normalized spacial score (nSPS) is 26.6. The summed E-state index contributed by atoms with van der Waals surface area (Å²) in [6, 6.07) is 13.4. The first-order valence-corrected chi connectivity index (χ1v) is 12.9. The molecule has 1 aliphatic heterocycles. The van der Waals surface area contributed by atoms with E-state index in [0.717, 1.165) is 11.1 Å². The fourth-order valence-electron chi connectivity index (χ4n) is 6.63. The van der Waals surface area contributed by atoms with Crippen LogP contribution in [0.25, 0.3) is 0 Å². The molecule has 3 aliphatic carbocycles. The maximum Gasteiger partial charge on any atom is 0.233 e. The molecule has 38 heavy (non-hydrogen) atoms. The van der Waals surface area contributed by atoms with E-state index in [1.54, 1.807) is 49.4 Å². The average molecular weight is 510 g/mol. The summed E-state index contributed by atoms with van der Waals surface area (Å²) < 4.78 is 0. The highest BCUT2D eigenvalue weighted by Gasteiger charge is 2.56. The number of hydrogen-bond acceptors (Lipinski definition) is 6. The third kappa shape index (κ3) is 3.72. The van der Waals surface area contributed by atoms with Gasteiger partial charge in [-0.15, -0.1) is 0 Å². The van der Waals surface area contributed by atoms with Crippen molar-refractivity contribution in [2.45, 2.75) is 32.1 Å². The number of fused-ring (bicyclic) bond motifs is 3. The Hall–Kier alpha value is -4.26. The van der Waals surface area contributed by atoms with Crippen LogP contribution in [0.2, 0.25) is 0 Å². The van der Waals surface area contributed by atoms with Crippen molar-refractivity contribution in [1.29, 1.82) is 0 Å². The molecule has 0 saturated carbocycles. The monoisotopic (exact) mass is 509 g/mol. The number of nitrogens with zero attached hydrogens (tertiary/aromatic N) is 1. The SMILES string of the molecule is CC1=CC(=O)C2=C(C1=O)[C@@H](c1cccc(O)c1)C1=CC[C@@H]3C(=O)N(CCc4ccc(O)cc4)C(=O)[C@@H]3[C@@H]1C2. The standard InChI is InChI=1S/C31H27NO6/c1-16-13-25(35)24-15-23-21(26(28(24)29(16)36)18-3-2-4-20(34)14-18)9-10-22-27(23)31(38)32(30(22)37)12-11-17-5-7-19(33)8-6-17/h2-9,13-14,22-23,26-27,33-34H,10-12,15H2,1H3/t22-,23+,26-,27-/m0/s1. The Morgan fingerprint density at radius 2 is 1.68 bits per heavy atom. The van der Waals surface area contributed by atoms with Crippen LogP contribution in [0, 0.1) is 17.8 Å². The highest BCUT2D eigenvalue weighted by molar-refractivity contribution is 6.23. The van der Waals surface area contributed by atoms with Gasteiger partial charge in [0, 0.05) is 29.2 Å². The number of ketones is 2. The van der Waals surface area contributed by atoms with Gasteiger partial charge in [-0.05, 0) is 73.6 Å². The summed E-state index contributed by atoms with van der Waals surface area (Å²) in [4.78, 5) is 55.0. The number of hydrogen-bond donors (Lipinski definition) is 2. The van der Waals surface area contributed by atoms with Crippen molar-refractivity contribution in [3.05, 3.63) is 94.1 Å². The van der Waals surface area contributed by atoms with E-state index in [4.69, 9.17) is 0 Å². The zero-order chi connectivity index (χ0) is 26.7. The summed E-state index contributed by atoms with van der Waals surface area (Å²) >= 11 is 0. The number of phenols is 2.